The van der Waals surface area contributed by atoms with Gasteiger partial charge in [0.1, 0.15) is 18.2 Å². The molecule has 0 radical (unpaired) electrons. The summed E-state index contributed by atoms with van der Waals surface area (Å²) in [5.74, 6) is -1.99. The minimum atomic E-state index is -2.03. The Morgan fingerprint density at radius 1 is 1.38 bits per heavy atom. The van der Waals surface area contributed by atoms with E-state index in [2.05, 4.69) is 20.3 Å². The molecule has 2 heterocycles. The number of nitrogens with zero attached hydrogens (tertiary/aromatic N) is 5. The second-order valence-corrected chi connectivity index (χ2v) is 9.33. The van der Waals surface area contributed by atoms with Crippen LogP contribution in [0.1, 0.15) is 31.1 Å². The van der Waals surface area contributed by atoms with Crippen LogP contribution >= 0.6 is 11.3 Å². The fourth-order valence-electron chi connectivity index (χ4n) is 3.94. The van der Waals surface area contributed by atoms with Gasteiger partial charge in [-0.2, -0.15) is 0 Å². The van der Waals surface area contributed by atoms with Crippen LogP contribution in [0, 0.1) is 12.8 Å². The Kier molecular flexibility index (Phi) is 8.21. The average Bonchev–Trinajstić information content (AvgIpc) is 3.37. The Balaban J connectivity index is 1.80. The molecule has 0 spiro atoms. The van der Waals surface area contributed by atoms with E-state index in [9.17, 15) is 24.2 Å². The van der Waals surface area contributed by atoms with Crippen molar-refractivity contribution in [2.45, 2.75) is 51.2 Å². The lowest BCUT2D eigenvalue weighted by molar-refractivity contribution is -0.141. The molecule has 3 rings (SSSR count). The number of benzene rings is 1. The molecule has 34 heavy (non-hydrogen) atoms. The first-order chi connectivity index (χ1) is 16.2. The van der Waals surface area contributed by atoms with Crippen molar-refractivity contribution in [1.29, 1.82) is 0 Å². The summed E-state index contributed by atoms with van der Waals surface area (Å²) in [5, 5.41) is 26.0. The molecule has 1 fully saturated rings. The molecule has 10 nitrogen and oxygen atoms in total. The third-order valence-corrected chi connectivity index (χ3v) is 6.80. The number of aliphatic hydroxyl groups is 2. The number of likely N-dealkylation sites (tertiary alicyclic amines) is 1. The van der Waals surface area contributed by atoms with Crippen molar-refractivity contribution >= 4 is 23.2 Å². The monoisotopic (exact) mass is 490 g/mol. The number of hydrogen-bond donors (Lipinski definition) is 3. The van der Waals surface area contributed by atoms with Gasteiger partial charge in [0, 0.05) is 4.91 Å². The summed E-state index contributed by atoms with van der Waals surface area (Å²) in [5.41, 5.74) is 12.9. The largest absolute Gasteiger partial charge is 0.394 e. The third-order valence-electron chi connectivity index (χ3n) is 5.82. The zero-order valence-corrected chi connectivity index (χ0v) is 19.8. The Morgan fingerprint density at radius 3 is 2.59 bits per heavy atom. The number of aryl methyl sites for hydroxylation is 1. The number of carbonyl (C=O) groups excluding carboxylic acids is 2. The topological polar surface area (TPSA) is 152 Å². The first kappa shape index (κ1) is 25.6. The van der Waals surface area contributed by atoms with Gasteiger partial charge in [-0.25, -0.2) is 9.37 Å². The first-order valence-electron chi connectivity index (χ1n) is 10.8. The lowest BCUT2D eigenvalue weighted by atomic mass is 10.0. The van der Waals surface area contributed by atoms with Gasteiger partial charge in [-0.15, -0.1) is 11.3 Å². The number of hydrogen-bond acceptors (Lipinski definition) is 7. The molecule has 2 amide bonds. The van der Waals surface area contributed by atoms with Crippen LogP contribution in [0.25, 0.3) is 20.9 Å². The van der Waals surface area contributed by atoms with Crippen LogP contribution in [0.15, 0.2) is 34.9 Å². The Bertz CT molecular complexity index is 1070. The molecule has 0 unspecified atom stereocenters. The Labute approximate surface area is 200 Å². The molecule has 0 saturated carbocycles. The number of halogens is 1. The zero-order chi connectivity index (χ0) is 25.0. The number of β-amino-alcohol motifs (C(OH)–C–C–N with tert-alkyl or cyclic N) is 1. The van der Waals surface area contributed by atoms with Crippen molar-refractivity contribution in [1.82, 2.24) is 15.2 Å². The van der Waals surface area contributed by atoms with E-state index in [0.717, 1.165) is 21.0 Å². The maximum absolute atomic E-state index is 14.8. The number of azide groups is 1. The van der Waals surface area contributed by atoms with E-state index in [1.165, 1.54) is 11.3 Å². The predicted octanol–water partition coefficient (Wildman–Crippen LogP) is 2.51. The molecule has 1 aliphatic heterocycles. The number of carbonyl (C=O) groups is 2. The predicted molar refractivity (Wildman–Crippen MR) is 124 cm³/mol. The van der Waals surface area contributed by atoms with Crippen LogP contribution in [0.3, 0.4) is 0 Å². The van der Waals surface area contributed by atoms with Crippen LogP contribution in [0.4, 0.5) is 4.39 Å². The van der Waals surface area contributed by atoms with Gasteiger partial charge in [-0.05, 0) is 29.5 Å². The summed E-state index contributed by atoms with van der Waals surface area (Å²) >= 11 is 1.50. The molecule has 0 aliphatic carbocycles. The highest BCUT2D eigenvalue weighted by molar-refractivity contribution is 7.13. The van der Waals surface area contributed by atoms with E-state index in [1.54, 1.807) is 31.5 Å². The molecular formula is C22H27FN6O4S. The van der Waals surface area contributed by atoms with Crippen LogP contribution in [0.2, 0.25) is 0 Å². The van der Waals surface area contributed by atoms with Crippen LogP contribution in [0.5, 0.6) is 0 Å². The van der Waals surface area contributed by atoms with Gasteiger partial charge in [0.15, 0.2) is 6.17 Å². The third kappa shape index (κ3) is 5.20. The van der Waals surface area contributed by atoms with Crippen molar-refractivity contribution in [2.75, 3.05) is 13.2 Å². The number of thiazole rings is 1. The summed E-state index contributed by atoms with van der Waals surface area (Å²) in [4.78, 5) is 34.8. The maximum Gasteiger partial charge on any atom is 0.246 e. The van der Waals surface area contributed by atoms with E-state index in [1.807, 2.05) is 19.1 Å². The standard InChI is InChI=1S/C22H27FN6O4S/c1-11(2)18(27-28-24)22(33)29-8-16(31)17(23)19(29)21(32)26-15(9-30)13-4-6-14(7-5-13)20-12(3)25-10-34-20/h4-7,10-11,15-19,30-31H,8-9H2,1-3H3,(H,26,32)/t15-,16-,17-,18-,19-/m0/s1. The average molecular weight is 491 g/mol. The summed E-state index contributed by atoms with van der Waals surface area (Å²) < 4.78 is 14.8. The minimum Gasteiger partial charge on any atom is -0.394 e. The molecule has 12 heteroatoms. The molecule has 0 bridgehead atoms. The highest BCUT2D eigenvalue weighted by Crippen LogP contribution is 2.29. The van der Waals surface area contributed by atoms with Gasteiger partial charge in [0.25, 0.3) is 0 Å². The van der Waals surface area contributed by atoms with E-state index in [-0.39, 0.29) is 0 Å². The second kappa shape index (κ2) is 10.9. The summed E-state index contributed by atoms with van der Waals surface area (Å²) in [6, 6.07) is 3.54. The molecule has 3 N–H and O–H groups in total. The number of rotatable bonds is 8. The van der Waals surface area contributed by atoms with E-state index in [4.69, 9.17) is 5.53 Å². The molecular weight excluding hydrogens is 463 g/mol. The Hall–Kier alpha value is -3.05. The number of amides is 2. The highest BCUT2D eigenvalue weighted by atomic mass is 32.1. The summed E-state index contributed by atoms with van der Waals surface area (Å²) in [6.07, 6.45) is -3.59. The lowest BCUT2D eigenvalue weighted by Gasteiger charge is -2.29. The van der Waals surface area contributed by atoms with Gasteiger partial charge in [-0.1, -0.05) is 43.2 Å². The molecule has 1 saturated heterocycles. The molecule has 1 aromatic heterocycles. The summed E-state index contributed by atoms with van der Waals surface area (Å²) in [6.45, 7) is 4.35. The number of aromatic nitrogens is 1. The molecule has 1 aromatic carbocycles. The zero-order valence-electron chi connectivity index (χ0n) is 19.0. The van der Waals surface area contributed by atoms with Crippen molar-refractivity contribution in [3.05, 3.63) is 51.5 Å². The van der Waals surface area contributed by atoms with E-state index >= 15 is 0 Å². The van der Waals surface area contributed by atoms with Crippen LogP contribution in [-0.4, -0.2) is 69.4 Å². The minimum absolute atomic E-state index is 0.395. The smallest absolute Gasteiger partial charge is 0.246 e. The van der Waals surface area contributed by atoms with Crippen LogP contribution in [-0.2, 0) is 9.59 Å². The van der Waals surface area contributed by atoms with E-state index in [0.29, 0.717) is 5.56 Å². The fourth-order valence-corrected chi connectivity index (χ4v) is 4.75. The molecule has 1 aliphatic rings. The normalized spacial score (nSPS) is 21.7. The summed E-state index contributed by atoms with van der Waals surface area (Å²) in [7, 11) is 0. The van der Waals surface area contributed by atoms with Crippen molar-refractivity contribution in [3.8, 4) is 10.4 Å². The fraction of sp³-hybridized carbons (Fsp3) is 0.500. The highest BCUT2D eigenvalue weighted by Gasteiger charge is 2.49. The van der Waals surface area contributed by atoms with Gasteiger partial charge < -0.3 is 20.4 Å². The quantitative estimate of drug-likeness (QED) is 0.295. The first-order valence-corrected chi connectivity index (χ1v) is 11.7. The second-order valence-electron chi connectivity index (χ2n) is 8.47. The molecule has 2 aromatic rings. The van der Waals surface area contributed by atoms with Gasteiger partial charge in [-0.3, -0.25) is 9.59 Å². The van der Waals surface area contributed by atoms with E-state index < -0.39 is 61.3 Å². The number of aliphatic hydroxyl groups excluding tert-OH is 2. The maximum atomic E-state index is 14.8. The van der Waals surface area contributed by atoms with Gasteiger partial charge >= 0.3 is 0 Å². The van der Waals surface area contributed by atoms with Crippen molar-refractivity contribution in [3.63, 3.8) is 0 Å². The molecule has 182 valence electrons. The SMILES string of the molecule is Cc1ncsc1-c1ccc([C@H](CO)NC(=O)[C@@H]2[C@@H](F)[C@@H](O)CN2C(=O)[C@@H](N=[N+]=[N-])C(C)C)cc1. The van der Waals surface area contributed by atoms with Crippen molar-refractivity contribution in [2.24, 2.45) is 11.0 Å². The van der Waals surface area contributed by atoms with Gasteiger partial charge in [0.2, 0.25) is 11.8 Å². The molecule has 5 atom stereocenters. The number of nitrogens with one attached hydrogen (secondary N) is 1. The Morgan fingerprint density at radius 2 is 2.06 bits per heavy atom. The van der Waals surface area contributed by atoms with Gasteiger partial charge in [0.05, 0.1) is 35.3 Å². The lowest BCUT2D eigenvalue weighted by Crippen LogP contribution is -2.53. The van der Waals surface area contributed by atoms with Crippen molar-refractivity contribution < 1.29 is 24.2 Å². The van der Waals surface area contributed by atoms with Crippen LogP contribution < -0.4 is 5.32 Å². The number of alkyl halides is 1.